The molecule has 1 amide bonds. The first kappa shape index (κ1) is 15.3. The summed E-state index contributed by atoms with van der Waals surface area (Å²) in [5, 5.41) is 6.65. The van der Waals surface area contributed by atoms with Crippen molar-refractivity contribution >= 4 is 11.9 Å². The molecule has 2 aromatic rings. The topological polar surface area (TPSA) is 80.5 Å². The number of ether oxygens (including phenoxy) is 1. The van der Waals surface area contributed by atoms with Crippen LogP contribution in [0.1, 0.15) is 30.2 Å². The van der Waals surface area contributed by atoms with Crippen LogP contribution in [0.5, 0.6) is 5.75 Å². The van der Waals surface area contributed by atoms with E-state index in [1.54, 1.807) is 4.90 Å². The van der Waals surface area contributed by atoms with Gasteiger partial charge >= 0.3 is 0 Å². The van der Waals surface area contributed by atoms with E-state index in [9.17, 15) is 4.79 Å². The van der Waals surface area contributed by atoms with Crippen LogP contribution in [0.3, 0.4) is 0 Å². The third-order valence-electron chi connectivity index (χ3n) is 3.81. The summed E-state index contributed by atoms with van der Waals surface area (Å²) in [4.78, 5) is 18.1. The predicted molar refractivity (Wildman–Crippen MR) is 84.4 cm³/mol. The average molecular weight is 316 g/mol. The molecule has 1 unspecified atom stereocenters. The standard InChI is InChI=1S/C16H20N4O3/c1-20(2)16-18-15(23-19-16)10-17-14(21)9-11-7-8-22-13-6-4-3-5-12(11)13/h3-6,11H,7-10H2,1-2H3,(H,17,21). The van der Waals surface area contributed by atoms with Crippen LogP contribution >= 0.6 is 0 Å². The summed E-state index contributed by atoms with van der Waals surface area (Å²) in [7, 11) is 3.66. The van der Waals surface area contributed by atoms with Gasteiger partial charge in [0.1, 0.15) is 5.75 Å². The molecule has 0 saturated heterocycles. The number of nitrogens with zero attached hydrogens (tertiary/aromatic N) is 3. The smallest absolute Gasteiger partial charge is 0.265 e. The summed E-state index contributed by atoms with van der Waals surface area (Å²) in [6.45, 7) is 0.884. The number of fused-ring (bicyclic) bond motifs is 1. The minimum atomic E-state index is -0.0312. The summed E-state index contributed by atoms with van der Waals surface area (Å²) in [5.74, 6) is 1.92. The molecule has 2 heterocycles. The molecular formula is C16H20N4O3. The Morgan fingerprint density at radius 1 is 1.39 bits per heavy atom. The third kappa shape index (κ3) is 3.61. The van der Waals surface area contributed by atoms with Gasteiger partial charge in [-0.2, -0.15) is 4.98 Å². The fourth-order valence-corrected chi connectivity index (χ4v) is 2.60. The monoisotopic (exact) mass is 316 g/mol. The highest BCUT2D eigenvalue weighted by Crippen LogP contribution is 2.35. The van der Waals surface area contributed by atoms with Crippen LogP contribution in [0.15, 0.2) is 28.8 Å². The summed E-state index contributed by atoms with van der Waals surface area (Å²) >= 11 is 0. The number of hydrogen-bond acceptors (Lipinski definition) is 6. The number of carbonyl (C=O) groups is 1. The highest BCUT2D eigenvalue weighted by Gasteiger charge is 2.23. The second-order valence-corrected chi connectivity index (χ2v) is 5.74. The van der Waals surface area contributed by atoms with Crippen LogP contribution in [-0.4, -0.2) is 36.8 Å². The SMILES string of the molecule is CN(C)c1noc(CNC(=O)CC2CCOc3ccccc32)n1. The minimum absolute atomic E-state index is 0.0312. The molecule has 23 heavy (non-hydrogen) atoms. The Hall–Kier alpha value is -2.57. The fourth-order valence-electron chi connectivity index (χ4n) is 2.60. The van der Waals surface area contributed by atoms with Crippen molar-refractivity contribution in [1.82, 2.24) is 15.5 Å². The van der Waals surface area contributed by atoms with Crippen molar-refractivity contribution in [2.75, 3.05) is 25.6 Å². The van der Waals surface area contributed by atoms with Gasteiger partial charge in [-0.05, 0) is 29.1 Å². The molecular weight excluding hydrogens is 296 g/mol. The minimum Gasteiger partial charge on any atom is -0.493 e. The molecule has 0 radical (unpaired) electrons. The molecule has 1 aliphatic rings. The van der Waals surface area contributed by atoms with E-state index in [2.05, 4.69) is 15.5 Å². The van der Waals surface area contributed by atoms with Crippen molar-refractivity contribution in [2.24, 2.45) is 0 Å². The van der Waals surface area contributed by atoms with Crippen molar-refractivity contribution in [3.05, 3.63) is 35.7 Å². The summed E-state index contributed by atoms with van der Waals surface area (Å²) in [5.41, 5.74) is 1.10. The molecule has 0 aliphatic carbocycles. The predicted octanol–water partition coefficient (Wildman–Crippen LogP) is 1.71. The zero-order valence-corrected chi connectivity index (χ0v) is 13.3. The molecule has 0 fully saturated rings. The largest absolute Gasteiger partial charge is 0.493 e. The maximum Gasteiger partial charge on any atom is 0.265 e. The van der Waals surface area contributed by atoms with Gasteiger partial charge in [0.25, 0.3) is 5.95 Å². The van der Waals surface area contributed by atoms with E-state index >= 15 is 0 Å². The van der Waals surface area contributed by atoms with Crippen LogP contribution in [0.2, 0.25) is 0 Å². The van der Waals surface area contributed by atoms with Gasteiger partial charge in [0.15, 0.2) is 0 Å². The molecule has 1 atom stereocenters. The summed E-state index contributed by atoms with van der Waals surface area (Å²) < 4.78 is 10.7. The van der Waals surface area contributed by atoms with Gasteiger partial charge in [0, 0.05) is 20.5 Å². The van der Waals surface area contributed by atoms with Crippen molar-refractivity contribution in [3.8, 4) is 5.75 Å². The van der Waals surface area contributed by atoms with E-state index in [1.165, 1.54) is 0 Å². The number of aromatic nitrogens is 2. The third-order valence-corrected chi connectivity index (χ3v) is 3.81. The zero-order chi connectivity index (χ0) is 16.2. The number of carbonyl (C=O) groups excluding carboxylic acids is 1. The lowest BCUT2D eigenvalue weighted by Gasteiger charge is -2.25. The van der Waals surface area contributed by atoms with Gasteiger partial charge in [0.2, 0.25) is 11.8 Å². The Labute approximate surface area is 134 Å². The molecule has 7 heteroatoms. The van der Waals surface area contributed by atoms with Crippen LogP contribution in [-0.2, 0) is 11.3 Å². The van der Waals surface area contributed by atoms with Crippen LogP contribution in [0.4, 0.5) is 5.95 Å². The number of hydrogen-bond donors (Lipinski definition) is 1. The van der Waals surface area contributed by atoms with Crippen LogP contribution in [0, 0.1) is 0 Å². The molecule has 0 saturated carbocycles. The number of amides is 1. The first-order chi connectivity index (χ1) is 11.1. The van der Waals surface area contributed by atoms with Crippen molar-refractivity contribution in [1.29, 1.82) is 0 Å². The lowest BCUT2D eigenvalue weighted by Crippen LogP contribution is -2.26. The van der Waals surface area contributed by atoms with Gasteiger partial charge in [-0.15, -0.1) is 0 Å². The number of anilines is 1. The van der Waals surface area contributed by atoms with E-state index in [4.69, 9.17) is 9.26 Å². The van der Waals surface area contributed by atoms with Crippen molar-refractivity contribution < 1.29 is 14.1 Å². The summed E-state index contributed by atoms with van der Waals surface area (Å²) in [6.07, 6.45) is 1.27. The van der Waals surface area contributed by atoms with E-state index in [0.717, 1.165) is 17.7 Å². The maximum absolute atomic E-state index is 12.2. The van der Waals surface area contributed by atoms with E-state index in [0.29, 0.717) is 24.9 Å². The second-order valence-electron chi connectivity index (χ2n) is 5.74. The van der Waals surface area contributed by atoms with Crippen molar-refractivity contribution in [2.45, 2.75) is 25.3 Å². The number of benzene rings is 1. The Morgan fingerprint density at radius 2 is 2.22 bits per heavy atom. The average Bonchev–Trinajstić information content (AvgIpc) is 3.03. The highest BCUT2D eigenvalue weighted by molar-refractivity contribution is 5.77. The molecule has 1 N–H and O–H groups in total. The molecule has 0 bridgehead atoms. The van der Waals surface area contributed by atoms with Gasteiger partial charge in [0.05, 0.1) is 13.2 Å². The maximum atomic E-state index is 12.2. The lowest BCUT2D eigenvalue weighted by atomic mass is 9.90. The second kappa shape index (κ2) is 6.68. The van der Waals surface area contributed by atoms with Gasteiger partial charge in [-0.25, -0.2) is 0 Å². The molecule has 1 aromatic carbocycles. The Balaban J connectivity index is 1.55. The van der Waals surface area contributed by atoms with Gasteiger partial charge in [-0.3, -0.25) is 4.79 Å². The van der Waals surface area contributed by atoms with E-state index in [1.807, 2.05) is 38.4 Å². The molecule has 7 nitrogen and oxygen atoms in total. The summed E-state index contributed by atoms with van der Waals surface area (Å²) in [6, 6.07) is 7.88. The van der Waals surface area contributed by atoms with Gasteiger partial charge < -0.3 is 19.5 Å². The molecule has 1 aliphatic heterocycles. The fraction of sp³-hybridized carbons (Fsp3) is 0.438. The molecule has 122 valence electrons. The number of rotatable bonds is 5. The van der Waals surface area contributed by atoms with Crippen molar-refractivity contribution in [3.63, 3.8) is 0 Å². The van der Waals surface area contributed by atoms with Gasteiger partial charge in [-0.1, -0.05) is 18.2 Å². The number of para-hydroxylation sites is 1. The number of nitrogens with one attached hydrogen (secondary N) is 1. The highest BCUT2D eigenvalue weighted by atomic mass is 16.5. The van der Waals surface area contributed by atoms with E-state index in [-0.39, 0.29) is 18.4 Å². The first-order valence-corrected chi connectivity index (χ1v) is 7.62. The normalized spacial score (nSPS) is 16.3. The Bertz CT molecular complexity index is 683. The first-order valence-electron chi connectivity index (χ1n) is 7.62. The lowest BCUT2D eigenvalue weighted by molar-refractivity contribution is -0.121. The molecule has 1 aromatic heterocycles. The quantitative estimate of drug-likeness (QED) is 0.904. The Morgan fingerprint density at radius 3 is 3.00 bits per heavy atom. The van der Waals surface area contributed by atoms with E-state index < -0.39 is 0 Å². The zero-order valence-electron chi connectivity index (χ0n) is 13.3. The molecule has 3 rings (SSSR count). The molecule has 0 spiro atoms. The van der Waals surface area contributed by atoms with Crippen LogP contribution < -0.4 is 15.0 Å². The Kier molecular flexibility index (Phi) is 4.45. The van der Waals surface area contributed by atoms with Crippen LogP contribution in [0.25, 0.3) is 0 Å².